The van der Waals surface area contributed by atoms with E-state index in [1.165, 1.54) is 11.6 Å². The van der Waals surface area contributed by atoms with Crippen LogP contribution < -0.4 is 5.56 Å². The summed E-state index contributed by atoms with van der Waals surface area (Å²) < 4.78 is 0. The second kappa shape index (κ2) is 8.17. The number of amides is 1. The molecule has 0 unspecified atom stereocenters. The Morgan fingerprint density at radius 2 is 1.79 bits per heavy atom. The summed E-state index contributed by atoms with van der Waals surface area (Å²) in [5, 5.41) is 1.52. The standard InChI is InChI=1S/C22H22ClN3O2/c23-17-8-6-16(7-9-17)15-25-10-3-11-26(13-12-25)22(28)19-14-21(27)24-20-5-2-1-4-18(19)20/h1-2,4-9,14H,3,10-13,15H2,(H,24,27). The van der Waals surface area contributed by atoms with Crippen LogP contribution in [-0.4, -0.2) is 46.9 Å². The number of aromatic amines is 1. The molecule has 0 aliphatic carbocycles. The van der Waals surface area contributed by atoms with E-state index in [2.05, 4.69) is 9.88 Å². The number of aromatic nitrogens is 1. The highest BCUT2D eigenvalue weighted by Gasteiger charge is 2.22. The van der Waals surface area contributed by atoms with Crippen LogP contribution in [0, 0.1) is 0 Å². The Morgan fingerprint density at radius 3 is 2.61 bits per heavy atom. The van der Waals surface area contributed by atoms with Crippen molar-refractivity contribution in [2.24, 2.45) is 0 Å². The molecular weight excluding hydrogens is 374 g/mol. The minimum atomic E-state index is -0.249. The number of hydrogen-bond donors (Lipinski definition) is 1. The molecule has 0 radical (unpaired) electrons. The lowest BCUT2D eigenvalue weighted by atomic mass is 10.1. The highest BCUT2D eigenvalue weighted by atomic mass is 35.5. The normalized spacial score (nSPS) is 15.5. The first-order valence-corrected chi connectivity index (χ1v) is 9.86. The number of para-hydroxylation sites is 1. The second-order valence-electron chi connectivity index (χ2n) is 7.14. The number of halogens is 1. The van der Waals surface area contributed by atoms with Crippen LogP contribution in [0.2, 0.25) is 5.02 Å². The molecule has 0 saturated carbocycles. The van der Waals surface area contributed by atoms with Crippen molar-refractivity contribution < 1.29 is 4.79 Å². The predicted octanol–water partition coefficient (Wildman–Crippen LogP) is 3.53. The quantitative estimate of drug-likeness (QED) is 0.738. The van der Waals surface area contributed by atoms with Crippen LogP contribution in [0.5, 0.6) is 0 Å². The van der Waals surface area contributed by atoms with Gasteiger partial charge < -0.3 is 9.88 Å². The summed E-state index contributed by atoms with van der Waals surface area (Å²) in [6, 6.07) is 16.7. The Kier molecular flexibility index (Phi) is 5.46. The molecule has 1 amide bonds. The molecule has 0 atom stereocenters. The van der Waals surface area contributed by atoms with Crippen molar-refractivity contribution in [3.05, 3.63) is 81.1 Å². The molecule has 5 nitrogen and oxygen atoms in total. The van der Waals surface area contributed by atoms with E-state index in [4.69, 9.17) is 11.6 Å². The van der Waals surface area contributed by atoms with Crippen molar-refractivity contribution in [3.8, 4) is 0 Å². The summed E-state index contributed by atoms with van der Waals surface area (Å²) in [5.41, 5.74) is 2.13. The van der Waals surface area contributed by atoms with Gasteiger partial charge in [-0.05, 0) is 30.2 Å². The van der Waals surface area contributed by atoms with E-state index in [1.54, 1.807) is 0 Å². The van der Waals surface area contributed by atoms with Gasteiger partial charge in [0.25, 0.3) is 5.91 Å². The number of carbonyl (C=O) groups excluding carboxylic acids is 1. The molecule has 3 aromatic rings. The molecule has 2 heterocycles. The Bertz CT molecular complexity index is 1050. The minimum absolute atomic E-state index is 0.0735. The van der Waals surface area contributed by atoms with Crippen LogP contribution in [0.4, 0.5) is 0 Å². The van der Waals surface area contributed by atoms with Gasteiger partial charge in [0.2, 0.25) is 5.56 Å². The van der Waals surface area contributed by atoms with Gasteiger partial charge in [0.05, 0.1) is 5.56 Å². The van der Waals surface area contributed by atoms with Crippen LogP contribution in [0.25, 0.3) is 10.9 Å². The second-order valence-corrected chi connectivity index (χ2v) is 7.58. The molecule has 1 N–H and O–H groups in total. The molecule has 0 spiro atoms. The van der Waals surface area contributed by atoms with Crippen molar-refractivity contribution in [1.82, 2.24) is 14.8 Å². The summed E-state index contributed by atoms with van der Waals surface area (Å²) >= 11 is 5.96. The maximum Gasteiger partial charge on any atom is 0.254 e. The molecular formula is C22H22ClN3O2. The van der Waals surface area contributed by atoms with Crippen LogP contribution in [0.1, 0.15) is 22.3 Å². The zero-order valence-electron chi connectivity index (χ0n) is 15.5. The third-order valence-electron chi connectivity index (χ3n) is 5.18. The highest BCUT2D eigenvalue weighted by Crippen LogP contribution is 2.18. The number of hydrogen-bond acceptors (Lipinski definition) is 3. The van der Waals surface area contributed by atoms with Crippen LogP contribution in [0.3, 0.4) is 0 Å². The average molecular weight is 396 g/mol. The van der Waals surface area contributed by atoms with Crippen molar-refractivity contribution in [2.75, 3.05) is 26.2 Å². The SMILES string of the molecule is O=C(c1cc(=O)[nH]c2ccccc12)N1CCCN(Cc2ccc(Cl)cc2)CC1. The van der Waals surface area contributed by atoms with E-state index in [1.807, 2.05) is 53.4 Å². The molecule has 1 aromatic heterocycles. The van der Waals surface area contributed by atoms with Gasteiger partial charge in [0.15, 0.2) is 0 Å². The topological polar surface area (TPSA) is 56.4 Å². The van der Waals surface area contributed by atoms with Crippen molar-refractivity contribution in [1.29, 1.82) is 0 Å². The molecule has 0 bridgehead atoms. The first-order chi connectivity index (χ1) is 13.6. The van der Waals surface area contributed by atoms with Gasteiger partial charge in [-0.25, -0.2) is 0 Å². The van der Waals surface area contributed by atoms with Crippen LogP contribution >= 0.6 is 11.6 Å². The number of fused-ring (bicyclic) bond motifs is 1. The highest BCUT2D eigenvalue weighted by molar-refractivity contribution is 6.30. The summed E-state index contributed by atoms with van der Waals surface area (Å²) in [4.78, 5) is 32.2. The monoisotopic (exact) mass is 395 g/mol. The van der Waals surface area contributed by atoms with Gasteiger partial charge in [-0.1, -0.05) is 41.9 Å². The van der Waals surface area contributed by atoms with E-state index in [0.29, 0.717) is 24.2 Å². The van der Waals surface area contributed by atoms with Crippen molar-refractivity contribution in [3.63, 3.8) is 0 Å². The number of H-pyrrole nitrogens is 1. The molecule has 1 saturated heterocycles. The van der Waals surface area contributed by atoms with Gasteiger partial charge in [0, 0.05) is 54.7 Å². The lowest BCUT2D eigenvalue weighted by Crippen LogP contribution is -2.35. The van der Waals surface area contributed by atoms with E-state index < -0.39 is 0 Å². The number of carbonyl (C=O) groups is 1. The lowest BCUT2D eigenvalue weighted by molar-refractivity contribution is 0.0763. The number of nitrogens with one attached hydrogen (secondary N) is 1. The third kappa shape index (κ3) is 4.11. The number of nitrogens with zero attached hydrogens (tertiary/aromatic N) is 2. The molecule has 6 heteroatoms. The molecule has 144 valence electrons. The Labute approximate surface area is 168 Å². The smallest absolute Gasteiger partial charge is 0.254 e. The molecule has 4 rings (SSSR count). The zero-order valence-corrected chi connectivity index (χ0v) is 16.3. The zero-order chi connectivity index (χ0) is 19.5. The molecule has 1 aliphatic heterocycles. The third-order valence-corrected chi connectivity index (χ3v) is 5.43. The first kappa shape index (κ1) is 18.7. The van der Waals surface area contributed by atoms with E-state index in [0.717, 1.165) is 36.5 Å². The average Bonchev–Trinajstić information content (AvgIpc) is 2.94. The Morgan fingerprint density at radius 1 is 1.00 bits per heavy atom. The van der Waals surface area contributed by atoms with Gasteiger partial charge >= 0.3 is 0 Å². The summed E-state index contributed by atoms with van der Waals surface area (Å²) in [6.07, 6.45) is 0.903. The number of rotatable bonds is 3. The fourth-order valence-corrected chi connectivity index (χ4v) is 3.86. The maximum absolute atomic E-state index is 13.2. The summed E-state index contributed by atoms with van der Waals surface area (Å²) in [5.74, 6) is -0.0735. The van der Waals surface area contributed by atoms with Crippen molar-refractivity contribution >= 4 is 28.4 Å². The molecule has 28 heavy (non-hydrogen) atoms. The molecule has 2 aromatic carbocycles. The van der Waals surface area contributed by atoms with Crippen LogP contribution in [-0.2, 0) is 6.54 Å². The van der Waals surface area contributed by atoms with E-state index >= 15 is 0 Å². The predicted molar refractivity (Wildman–Crippen MR) is 112 cm³/mol. The van der Waals surface area contributed by atoms with Gasteiger partial charge in [-0.15, -0.1) is 0 Å². The van der Waals surface area contributed by atoms with Gasteiger partial charge in [0.1, 0.15) is 0 Å². The maximum atomic E-state index is 13.2. The fraction of sp³-hybridized carbons (Fsp3) is 0.273. The van der Waals surface area contributed by atoms with E-state index in [-0.39, 0.29) is 11.5 Å². The summed E-state index contributed by atoms with van der Waals surface area (Å²) in [6.45, 7) is 3.91. The Balaban J connectivity index is 1.49. The Hall–Kier alpha value is -2.63. The van der Waals surface area contributed by atoms with Crippen molar-refractivity contribution in [2.45, 2.75) is 13.0 Å². The summed E-state index contributed by atoms with van der Waals surface area (Å²) in [7, 11) is 0. The van der Waals surface area contributed by atoms with Gasteiger partial charge in [-0.3, -0.25) is 14.5 Å². The largest absolute Gasteiger partial charge is 0.337 e. The lowest BCUT2D eigenvalue weighted by Gasteiger charge is -2.22. The van der Waals surface area contributed by atoms with Gasteiger partial charge in [-0.2, -0.15) is 0 Å². The first-order valence-electron chi connectivity index (χ1n) is 9.48. The fourth-order valence-electron chi connectivity index (χ4n) is 3.73. The molecule has 1 fully saturated rings. The number of benzene rings is 2. The van der Waals surface area contributed by atoms with E-state index in [9.17, 15) is 9.59 Å². The van der Waals surface area contributed by atoms with Crippen LogP contribution in [0.15, 0.2) is 59.4 Å². The minimum Gasteiger partial charge on any atom is -0.337 e. The number of pyridine rings is 1. The molecule has 1 aliphatic rings.